The molecule has 0 aromatic heterocycles. The topological polar surface area (TPSA) is 108 Å². The first-order valence-electron chi connectivity index (χ1n) is 5.00. The molecule has 4 N–H and O–H groups in total. The van der Waals surface area contributed by atoms with Gasteiger partial charge in [-0.05, 0) is 7.05 Å². The summed E-state index contributed by atoms with van der Waals surface area (Å²) < 4.78 is 5.13. The Kier molecular flexibility index (Phi) is 4.66. The highest BCUT2D eigenvalue weighted by atomic mass is 16.5. The largest absolute Gasteiger partial charge is 0.479 e. The molecule has 0 aromatic rings. The minimum atomic E-state index is -1.57. The van der Waals surface area contributed by atoms with Crippen molar-refractivity contribution in [1.82, 2.24) is 10.6 Å². The summed E-state index contributed by atoms with van der Waals surface area (Å²) in [5.74, 6) is -2.00. The number of aliphatic hydroxyl groups is 1. The molecule has 1 amide bonds. The number of carbonyl (C=O) groups excluding carboxylic acids is 1. The van der Waals surface area contributed by atoms with Crippen LogP contribution in [0, 0.1) is 5.92 Å². The van der Waals surface area contributed by atoms with Crippen molar-refractivity contribution < 1.29 is 24.5 Å². The molecule has 92 valence electrons. The molecule has 3 atom stereocenters. The molecule has 1 aliphatic heterocycles. The third-order valence-corrected chi connectivity index (χ3v) is 2.54. The SMILES string of the molecule is CNC1COCC1C(=O)NC[C@H](O)C(=O)O. The van der Waals surface area contributed by atoms with E-state index in [0.717, 1.165) is 0 Å². The average molecular weight is 232 g/mol. The molecule has 1 heterocycles. The maximum absolute atomic E-state index is 11.6. The van der Waals surface area contributed by atoms with Gasteiger partial charge in [-0.25, -0.2) is 4.79 Å². The zero-order chi connectivity index (χ0) is 12.1. The number of rotatable bonds is 5. The summed E-state index contributed by atoms with van der Waals surface area (Å²) in [5, 5.41) is 22.7. The van der Waals surface area contributed by atoms with Gasteiger partial charge in [-0.15, -0.1) is 0 Å². The van der Waals surface area contributed by atoms with Gasteiger partial charge >= 0.3 is 5.97 Å². The number of carboxylic acids is 1. The Morgan fingerprint density at radius 1 is 1.50 bits per heavy atom. The van der Waals surface area contributed by atoms with Crippen LogP contribution in [0.3, 0.4) is 0 Å². The monoisotopic (exact) mass is 232 g/mol. The van der Waals surface area contributed by atoms with Gasteiger partial charge in [-0.2, -0.15) is 0 Å². The fourth-order valence-electron chi connectivity index (χ4n) is 1.51. The van der Waals surface area contributed by atoms with E-state index in [9.17, 15) is 9.59 Å². The molecule has 1 saturated heterocycles. The first-order chi connectivity index (χ1) is 7.56. The second-order valence-electron chi connectivity index (χ2n) is 3.64. The Morgan fingerprint density at radius 3 is 2.75 bits per heavy atom. The van der Waals surface area contributed by atoms with E-state index in [1.54, 1.807) is 7.05 Å². The van der Waals surface area contributed by atoms with E-state index in [-0.39, 0.29) is 24.4 Å². The van der Waals surface area contributed by atoms with E-state index in [2.05, 4.69) is 10.6 Å². The lowest BCUT2D eigenvalue weighted by Gasteiger charge is -2.16. The first kappa shape index (κ1) is 12.9. The quantitative estimate of drug-likeness (QED) is 0.428. The van der Waals surface area contributed by atoms with Crippen LogP contribution in [0.1, 0.15) is 0 Å². The van der Waals surface area contributed by atoms with Gasteiger partial charge in [0.1, 0.15) is 0 Å². The summed E-state index contributed by atoms with van der Waals surface area (Å²) in [6.45, 7) is 0.470. The molecular formula is C9H16N2O5. The molecule has 0 radical (unpaired) electrons. The van der Waals surface area contributed by atoms with E-state index >= 15 is 0 Å². The van der Waals surface area contributed by atoms with Crippen molar-refractivity contribution in [2.24, 2.45) is 5.92 Å². The Hall–Kier alpha value is -1.18. The fourth-order valence-corrected chi connectivity index (χ4v) is 1.51. The molecule has 0 bridgehead atoms. The zero-order valence-electron chi connectivity index (χ0n) is 8.97. The van der Waals surface area contributed by atoms with Crippen LogP contribution in [-0.4, -0.2) is 61.0 Å². The standard InChI is InChI=1S/C9H16N2O5/c1-10-6-4-16-3-5(6)8(13)11-2-7(12)9(14)15/h5-7,10,12H,2-4H2,1H3,(H,11,13)(H,14,15)/t5?,6?,7-/m0/s1. The maximum atomic E-state index is 11.6. The van der Waals surface area contributed by atoms with Gasteiger partial charge in [0, 0.05) is 6.04 Å². The summed E-state index contributed by atoms with van der Waals surface area (Å²) in [6.07, 6.45) is -1.57. The van der Waals surface area contributed by atoms with Gasteiger partial charge in [0.25, 0.3) is 0 Å². The van der Waals surface area contributed by atoms with Gasteiger partial charge in [-0.1, -0.05) is 0 Å². The first-order valence-corrected chi connectivity index (χ1v) is 5.00. The highest BCUT2D eigenvalue weighted by molar-refractivity contribution is 5.81. The minimum Gasteiger partial charge on any atom is -0.479 e. The van der Waals surface area contributed by atoms with E-state index in [4.69, 9.17) is 14.9 Å². The maximum Gasteiger partial charge on any atom is 0.334 e. The molecule has 1 aliphatic rings. The number of amides is 1. The number of aliphatic carboxylic acids is 1. The molecule has 0 spiro atoms. The van der Waals surface area contributed by atoms with Crippen molar-refractivity contribution in [2.75, 3.05) is 26.8 Å². The zero-order valence-corrected chi connectivity index (χ0v) is 8.97. The Labute approximate surface area is 92.8 Å². The fraction of sp³-hybridized carbons (Fsp3) is 0.778. The van der Waals surface area contributed by atoms with Crippen LogP contribution in [0.25, 0.3) is 0 Å². The highest BCUT2D eigenvalue weighted by Gasteiger charge is 2.33. The lowest BCUT2D eigenvalue weighted by atomic mass is 10.0. The van der Waals surface area contributed by atoms with Gasteiger partial charge in [0.2, 0.25) is 5.91 Å². The predicted molar refractivity (Wildman–Crippen MR) is 53.8 cm³/mol. The lowest BCUT2D eigenvalue weighted by molar-refractivity contribution is -0.146. The van der Waals surface area contributed by atoms with E-state index < -0.39 is 12.1 Å². The molecule has 2 unspecified atom stereocenters. The number of carboxylic acid groups (broad SMARTS) is 1. The number of ether oxygens (including phenoxy) is 1. The summed E-state index contributed by atoms with van der Waals surface area (Å²) in [6, 6.07) is -0.0676. The second kappa shape index (κ2) is 5.78. The molecule has 7 nitrogen and oxygen atoms in total. The molecular weight excluding hydrogens is 216 g/mol. The predicted octanol–water partition coefficient (Wildman–Crippen LogP) is -2.22. The number of hydrogen-bond donors (Lipinski definition) is 4. The van der Waals surface area contributed by atoms with E-state index in [1.165, 1.54) is 0 Å². The summed E-state index contributed by atoms with van der Waals surface area (Å²) >= 11 is 0. The smallest absolute Gasteiger partial charge is 0.334 e. The molecule has 0 aliphatic carbocycles. The van der Waals surface area contributed by atoms with Gasteiger partial charge in [-0.3, -0.25) is 4.79 Å². The van der Waals surface area contributed by atoms with Crippen molar-refractivity contribution in [1.29, 1.82) is 0 Å². The number of aliphatic hydroxyl groups excluding tert-OH is 1. The minimum absolute atomic E-state index is 0.0676. The van der Waals surface area contributed by atoms with Crippen molar-refractivity contribution in [2.45, 2.75) is 12.1 Å². The highest BCUT2D eigenvalue weighted by Crippen LogP contribution is 2.13. The van der Waals surface area contributed by atoms with Crippen molar-refractivity contribution >= 4 is 11.9 Å². The van der Waals surface area contributed by atoms with Crippen LogP contribution < -0.4 is 10.6 Å². The van der Waals surface area contributed by atoms with Crippen LogP contribution in [0.2, 0.25) is 0 Å². The Bertz CT molecular complexity index is 271. The average Bonchev–Trinajstić information content (AvgIpc) is 2.73. The Morgan fingerprint density at radius 2 is 2.19 bits per heavy atom. The molecule has 1 rings (SSSR count). The molecule has 7 heteroatoms. The molecule has 0 saturated carbocycles. The van der Waals surface area contributed by atoms with Crippen molar-refractivity contribution in [3.8, 4) is 0 Å². The van der Waals surface area contributed by atoms with Gasteiger partial charge < -0.3 is 25.6 Å². The third-order valence-electron chi connectivity index (χ3n) is 2.54. The van der Waals surface area contributed by atoms with E-state index in [1.807, 2.05) is 0 Å². The van der Waals surface area contributed by atoms with Crippen LogP contribution in [0.15, 0.2) is 0 Å². The van der Waals surface area contributed by atoms with Gasteiger partial charge in [0.05, 0.1) is 25.7 Å². The Balaban J connectivity index is 2.37. The van der Waals surface area contributed by atoms with Crippen molar-refractivity contribution in [3.63, 3.8) is 0 Å². The van der Waals surface area contributed by atoms with Crippen LogP contribution in [-0.2, 0) is 14.3 Å². The summed E-state index contributed by atoms with van der Waals surface area (Å²) in [4.78, 5) is 21.9. The van der Waals surface area contributed by atoms with Crippen LogP contribution in [0.5, 0.6) is 0 Å². The number of carbonyl (C=O) groups is 2. The number of nitrogens with one attached hydrogen (secondary N) is 2. The summed E-state index contributed by atoms with van der Waals surface area (Å²) in [7, 11) is 1.73. The van der Waals surface area contributed by atoms with Crippen molar-refractivity contribution in [3.05, 3.63) is 0 Å². The second-order valence-corrected chi connectivity index (χ2v) is 3.64. The number of hydrogen-bond acceptors (Lipinski definition) is 5. The third kappa shape index (κ3) is 3.16. The molecule has 16 heavy (non-hydrogen) atoms. The molecule has 1 fully saturated rings. The lowest BCUT2D eigenvalue weighted by Crippen LogP contribution is -2.45. The number of likely N-dealkylation sites (N-methyl/N-ethyl adjacent to an activating group) is 1. The van der Waals surface area contributed by atoms with Crippen LogP contribution in [0.4, 0.5) is 0 Å². The van der Waals surface area contributed by atoms with Crippen LogP contribution >= 0.6 is 0 Å². The normalized spacial score (nSPS) is 26.4. The van der Waals surface area contributed by atoms with E-state index in [0.29, 0.717) is 13.2 Å². The van der Waals surface area contributed by atoms with Gasteiger partial charge in [0.15, 0.2) is 6.10 Å². The summed E-state index contributed by atoms with van der Waals surface area (Å²) in [5.41, 5.74) is 0. The molecule has 0 aromatic carbocycles.